The van der Waals surface area contributed by atoms with Gasteiger partial charge in [0.15, 0.2) is 11.6 Å². The Morgan fingerprint density at radius 3 is 2.72 bits per heavy atom. The van der Waals surface area contributed by atoms with Gasteiger partial charge >= 0.3 is 0 Å². The number of non-ortho nitro benzene ring substituents is 1. The largest absolute Gasteiger partial charge is 0.378 e. The van der Waals surface area contributed by atoms with Crippen LogP contribution in [-0.4, -0.2) is 47.4 Å². The molecule has 2 aromatic rings. The summed E-state index contributed by atoms with van der Waals surface area (Å²) >= 11 is 0. The van der Waals surface area contributed by atoms with E-state index in [4.69, 9.17) is 4.74 Å². The molecule has 2 heterocycles. The molecule has 0 bridgehead atoms. The number of hydrazone groups is 1. The van der Waals surface area contributed by atoms with Crippen LogP contribution >= 0.6 is 0 Å². The van der Waals surface area contributed by atoms with E-state index in [1.807, 2.05) is 0 Å². The molecular formula is C15H15FN6O3. The van der Waals surface area contributed by atoms with Gasteiger partial charge in [0.05, 0.1) is 30.5 Å². The first-order valence-corrected chi connectivity index (χ1v) is 7.52. The summed E-state index contributed by atoms with van der Waals surface area (Å²) in [4.78, 5) is 19.9. The molecule has 1 saturated heterocycles. The molecule has 0 aliphatic carbocycles. The number of anilines is 2. The van der Waals surface area contributed by atoms with E-state index in [1.54, 1.807) is 17.0 Å². The molecule has 0 atom stereocenters. The Kier molecular flexibility index (Phi) is 5.09. The maximum absolute atomic E-state index is 13.9. The number of nitro groups is 1. The number of benzene rings is 1. The molecule has 0 spiro atoms. The third-order valence-corrected chi connectivity index (χ3v) is 3.52. The molecule has 1 aliphatic heterocycles. The summed E-state index contributed by atoms with van der Waals surface area (Å²) in [5, 5.41) is 14.6. The lowest BCUT2D eigenvalue weighted by Gasteiger charge is -2.27. The number of hydrogen-bond acceptors (Lipinski definition) is 8. The number of aromatic nitrogens is 2. The lowest BCUT2D eigenvalue weighted by Crippen LogP contribution is -2.37. The molecule has 10 heteroatoms. The zero-order valence-corrected chi connectivity index (χ0v) is 13.1. The summed E-state index contributed by atoms with van der Waals surface area (Å²) in [6.45, 7) is 2.15. The zero-order chi connectivity index (χ0) is 17.6. The Hall–Kier alpha value is -3.14. The van der Waals surface area contributed by atoms with Gasteiger partial charge in [0.2, 0.25) is 5.95 Å². The first-order chi connectivity index (χ1) is 12.1. The van der Waals surface area contributed by atoms with Gasteiger partial charge in [0.25, 0.3) is 5.69 Å². The molecule has 1 fully saturated rings. The van der Waals surface area contributed by atoms with Crippen LogP contribution in [0.15, 0.2) is 35.6 Å². The molecule has 1 aromatic carbocycles. The van der Waals surface area contributed by atoms with E-state index in [2.05, 4.69) is 20.5 Å². The van der Waals surface area contributed by atoms with Crippen molar-refractivity contribution in [3.05, 3.63) is 52.0 Å². The van der Waals surface area contributed by atoms with E-state index in [-0.39, 0.29) is 17.5 Å². The van der Waals surface area contributed by atoms with Gasteiger partial charge in [-0.3, -0.25) is 10.1 Å². The smallest absolute Gasteiger partial charge is 0.269 e. The van der Waals surface area contributed by atoms with Crippen molar-refractivity contribution in [2.45, 2.75) is 0 Å². The zero-order valence-electron chi connectivity index (χ0n) is 13.1. The second-order valence-electron chi connectivity index (χ2n) is 5.18. The van der Waals surface area contributed by atoms with E-state index < -0.39 is 10.7 Å². The minimum absolute atomic E-state index is 0.00197. The maximum atomic E-state index is 13.9. The SMILES string of the molecule is O=[N+]([O-])c1ccc(/C=N/Nc2ncc(F)c(N3CCOCC3)n2)cc1. The minimum atomic E-state index is -0.508. The second-order valence-corrected chi connectivity index (χ2v) is 5.18. The Balaban J connectivity index is 1.67. The fourth-order valence-electron chi connectivity index (χ4n) is 2.26. The molecule has 25 heavy (non-hydrogen) atoms. The normalized spacial score (nSPS) is 14.7. The van der Waals surface area contributed by atoms with Crippen molar-refractivity contribution < 1.29 is 14.1 Å². The average Bonchev–Trinajstić information content (AvgIpc) is 2.64. The van der Waals surface area contributed by atoms with Crippen LogP contribution in [-0.2, 0) is 4.74 Å². The first-order valence-electron chi connectivity index (χ1n) is 7.52. The number of nitro benzene ring substituents is 1. The van der Waals surface area contributed by atoms with Crippen molar-refractivity contribution in [2.24, 2.45) is 5.10 Å². The van der Waals surface area contributed by atoms with Crippen LogP contribution in [0.1, 0.15) is 5.56 Å². The maximum Gasteiger partial charge on any atom is 0.269 e. The predicted molar refractivity (Wildman–Crippen MR) is 89.3 cm³/mol. The standard InChI is InChI=1S/C15H15FN6O3/c16-13-10-17-15(19-14(13)21-5-7-25-8-6-21)20-18-9-11-1-3-12(4-2-11)22(23)24/h1-4,9-10H,5-8H2,(H,17,19,20)/b18-9+. The van der Waals surface area contributed by atoms with Crippen LogP contribution in [0, 0.1) is 15.9 Å². The number of morpholine rings is 1. The molecular weight excluding hydrogens is 331 g/mol. The third kappa shape index (κ3) is 4.23. The Morgan fingerprint density at radius 2 is 2.04 bits per heavy atom. The number of halogens is 1. The van der Waals surface area contributed by atoms with E-state index in [1.165, 1.54) is 18.3 Å². The molecule has 130 valence electrons. The van der Waals surface area contributed by atoms with Gasteiger partial charge in [-0.05, 0) is 17.7 Å². The summed E-state index contributed by atoms with van der Waals surface area (Å²) < 4.78 is 19.2. The van der Waals surface area contributed by atoms with E-state index in [0.717, 1.165) is 6.20 Å². The number of hydrogen-bond donors (Lipinski definition) is 1. The molecule has 0 unspecified atom stereocenters. The lowest BCUT2D eigenvalue weighted by atomic mass is 10.2. The fraction of sp³-hybridized carbons (Fsp3) is 0.267. The Labute approximate surface area is 142 Å². The summed E-state index contributed by atoms with van der Waals surface area (Å²) in [6, 6.07) is 5.89. The highest BCUT2D eigenvalue weighted by Crippen LogP contribution is 2.18. The van der Waals surface area contributed by atoms with Gasteiger partial charge in [-0.1, -0.05) is 0 Å². The molecule has 9 nitrogen and oxygen atoms in total. The fourth-order valence-corrected chi connectivity index (χ4v) is 2.26. The molecule has 1 N–H and O–H groups in total. The van der Waals surface area contributed by atoms with E-state index in [9.17, 15) is 14.5 Å². The molecule has 0 saturated carbocycles. The van der Waals surface area contributed by atoms with Crippen molar-refractivity contribution in [1.82, 2.24) is 9.97 Å². The third-order valence-electron chi connectivity index (χ3n) is 3.52. The molecule has 0 radical (unpaired) electrons. The van der Waals surface area contributed by atoms with Crippen molar-refractivity contribution >= 4 is 23.7 Å². The van der Waals surface area contributed by atoms with Crippen LogP contribution in [0.3, 0.4) is 0 Å². The molecule has 3 rings (SSSR count). The number of ether oxygens (including phenoxy) is 1. The molecule has 1 aliphatic rings. The van der Waals surface area contributed by atoms with Crippen molar-refractivity contribution in [1.29, 1.82) is 0 Å². The van der Waals surface area contributed by atoms with Crippen LogP contribution in [0.5, 0.6) is 0 Å². The van der Waals surface area contributed by atoms with Crippen LogP contribution in [0.25, 0.3) is 0 Å². The lowest BCUT2D eigenvalue weighted by molar-refractivity contribution is -0.384. The number of nitrogens with zero attached hydrogens (tertiary/aromatic N) is 5. The monoisotopic (exact) mass is 346 g/mol. The summed E-state index contributed by atoms with van der Waals surface area (Å²) in [5.41, 5.74) is 3.29. The van der Waals surface area contributed by atoms with Gasteiger partial charge in [0, 0.05) is 25.2 Å². The highest BCUT2D eigenvalue weighted by atomic mass is 19.1. The van der Waals surface area contributed by atoms with Gasteiger partial charge in [-0.15, -0.1) is 0 Å². The minimum Gasteiger partial charge on any atom is -0.378 e. The summed E-state index contributed by atoms with van der Waals surface area (Å²) in [7, 11) is 0. The Bertz CT molecular complexity index is 777. The first kappa shape index (κ1) is 16.7. The average molecular weight is 346 g/mol. The molecule has 0 amide bonds. The van der Waals surface area contributed by atoms with Crippen LogP contribution < -0.4 is 10.3 Å². The van der Waals surface area contributed by atoms with Crippen molar-refractivity contribution in [3.8, 4) is 0 Å². The van der Waals surface area contributed by atoms with Crippen LogP contribution in [0.4, 0.5) is 21.8 Å². The van der Waals surface area contributed by atoms with Gasteiger partial charge in [-0.25, -0.2) is 14.8 Å². The van der Waals surface area contributed by atoms with Gasteiger partial charge in [0.1, 0.15) is 0 Å². The van der Waals surface area contributed by atoms with Gasteiger partial charge < -0.3 is 9.64 Å². The van der Waals surface area contributed by atoms with Gasteiger partial charge in [-0.2, -0.15) is 10.1 Å². The summed E-state index contributed by atoms with van der Waals surface area (Å²) in [6.07, 6.45) is 2.55. The highest BCUT2D eigenvalue weighted by molar-refractivity contribution is 5.80. The number of nitrogens with one attached hydrogen (secondary N) is 1. The van der Waals surface area contributed by atoms with Crippen molar-refractivity contribution in [2.75, 3.05) is 36.6 Å². The van der Waals surface area contributed by atoms with Crippen LogP contribution in [0.2, 0.25) is 0 Å². The topological polar surface area (TPSA) is 106 Å². The van der Waals surface area contributed by atoms with E-state index >= 15 is 0 Å². The van der Waals surface area contributed by atoms with E-state index in [0.29, 0.717) is 31.9 Å². The summed E-state index contributed by atoms with van der Waals surface area (Å²) in [5.74, 6) is -0.154. The number of rotatable bonds is 5. The Morgan fingerprint density at radius 1 is 1.32 bits per heavy atom. The highest BCUT2D eigenvalue weighted by Gasteiger charge is 2.17. The predicted octanol–water partition coefficient (Wildman–Crippen LogP) is 1.81. The quantitative estimate of drug-likeness (QED) is 0.500. The molecule has 1 aromatic heterocycles. The van der Waals surface area contributed by atoms with Crippen molar-refractivity contribution in [3.63, 3.8) is 0 Å². The second kappa shape index (κ2) is 7.62.